The van der Waals surface area contributed by atoms with Crippen molar-refractivity contribution in [2.75, 3.05) is 23.8 Å². The molecule has 2 aromatic carbocycles. The molecule has 3 rings (SSSR count). The summed E-state index contributed by atoms with van der Waals surface area (Å²) in [7, 11) is 0. The summed E-state index contributed by atoms with van der Waals surface area (Å²) >= 11 is 0. The summed E-state index contributed by atoms with van der Waals surface area (Å²) in [4.78, 5) is 36.7. The number of anilines is 4. The SMILES string of the molecule is O=[N+]([O-])c1cc(Nc2ncc(F)c(Nc3ccc(N=CCO)c([N+](=O)[O-])c3)n2)ccc1N=CCO. The van der Waals surface area contributed by atoms with Crippen molar-refractivity contribution < 1.29 is 24.5 Å². The molecule has 0 aliphatic carbocycles. The zero-order valence-electron chi connectivity index (χ0n) is 17.7. The van der Waals surface area contributed by atoms with E-state index in [0.29, 0.717) is 0 Å². The van der Waals surface area contributed by atoms with E-state index < -0.39 is 28.9 Å². The summed E-state index contributed by atoms with van der Waals surface area (Å²) in [5, 5.41) is 45.6. The van der Waals surface area contributed by atoms with Gasteiger partial charge < -0.3 is 20.8 Å². The van der Waals surface area contributed by atoms with Gasteiger partial charge in [-0.1, -0.05) is 0 Å². The lowest BCUT2D eigenvalue weighted by atomic mass is 10.2. The second-order valence-corrected chi connectivity index (χ2v) is 6.55. The van der Waals surface area contributed by atoms with E-state index in [1.54, 1.807) is 0 Å². The first-order valence-electron chi connectivity index (χ1n) is 9.72. The first-order valence-corrected chi connectivity index (χ1v) is 9.72. The van der Waals surface area contributed by atoms with Crippen LogP contribution in [0, 0.1) is 26.0 Å². The van der Waals surface area contributed by atoms with Crippen LogP contribution in [0.3, 0.4) is 0 Å². The Balaban J connectivity index is 1.87. The molecule has 4 N–H and O–H groups in total. The van der Waals surface area contributed by atoms with Gasteiger partial charge >= 0.3 is 0 Å². The van der Waals surface area contributed by atoms with Crippen molar-refractivity contribution in [3.63, 3.8) is 0 Å². The molecule has 3 aromatic rings. The third-order valence-corrected chi connectivity index (χ3v) is 4.23. The number of aliphatic imine (C=N–C) groups is 2. The topological polar surface area (TPSA) is 201 Å². The van der Waals surface area contributed by atoms with E-state index in [9.17, 15) is 24.6 Å². The minimum absolute atomic E-state index is 0.00604. The van der Waals surface area contributed by atoms with Gasteiger partial charge in [0.2, 0.25) is 5.95 Å². The van der Waals surface area contributed by atoms with Crippen LogP contribution in [-0.4, -0.2) is 55.7 Å². The highest BCUT2D eigenvalue weighted by atomic mass is 19.1. The van der Waals surface area contributed by atoms with E-state index in [1.807, 2.05) is 0 Å². The van der Waals surface area contributed by atoms with E-state index >= 15 is 0 Å². The van der Waals surface area contributed by atoms with Gasteiger partial charge in [0.1, 0.15) is 11.4 Å². The summed E-state index contributed by atoms with van der Waals surface area (Å²) < 4.78 is 14.3. The Bertz CT molecular complexity index is 1320. The fraction of sp³-hybridized carbons (Fsp3) is 0.100. The van der Waals surface area contributed by atoms with Crippen LogP contribution in [0.1, 0.15) is 0 Å². The van der Waals surface area contributed by atoms with Crippen LogP contribution < -0.4 is 10.6 Å². The van der Waals surface area contributed by atoms with E-state index in [-0.39, 0.29) is 45.9 Å². The van der Waals surface area contributed by atoms with Crippen LogP contribution in [0.25, 0.3) is 0 Å². The molecule has 0 bridgehead atoms. The van der Waals surface area contributed by atoms with Gasteiger partial charge in [-0.15, -0.1) is 0 Å². The standard InChI is InChI=1S/C20H17FN8O6/c21-14-11-24-20(26-13-2-4-16(23-6-8-31)18(10-13)29(34)35)27-19(14)25-12-1-3-15(22-5-7-30)17(9-12)28(32)33/h1-6,9-11,30-31H,7-8H2,(H2,24,25,26,27). The maximum absolute atomic E-state index is 14.3. The number of nitro benzene ring substituents is 2. The van der Waals surface area contributed by atoms with Crippen LogP contribution in [0.4, 0.5) is 50.3 Å². The highest BCUT2D eigenvalue weighted by molar-refractivity contribution is 5.74. The number of halogens is 1. The molecule has 35 heavy (non-hydrogen) atoms. The zero-order chi connectivity index (χ0) is 25.4. The Morgan fingerprint density at radius 2 is 1.43 bits per heavy atom. The van der Waals surface area contributed by atoms with E-state index in [2.05, 4.69) is 30.6 Å². The molecule has 0 aliphatic heterocycles. The van der Waals surface area contributed by atoms with Gasteiger partial charge in [0.05, 0.1) is 29.3 Å². The second-order valence-electron chi connectivity index (χ2n) is 6.55. The van der Waals surface area contributed by atoms with Crippen molar-refractivity contribution in [3.05, 3.63) is 68.6 Å². The van der Waals surface area contributed by atoms with Crippen LogP contribution >= 0.6 is 0 Å². The van der Waals surface area contributed by atoms with Crippen molar-refractivity contribution in [3.8, 4) is 0 Å². The molecule has 1 aromatic heterocycles. The molecule has 15 heteroatoms. The molecule has 0 radical (unpaired) electrons. The molecule has 0 aliphatic rings. The number of aromatic nitrogens is 2. The average Bonchev–Trinajstić information content (AvgIpc) is 2.84. The number of rotatable bonds is 10. The third-order valence-electron chi connectivity index (χ3n) is 4.23. The van der Waals surface area contributed by atoms with Crippen LogP contribution in [0.2, 0.25) is 0 Å². The molecular weight excluding hydrogens is 467 g/mol. The third kappa shape index (κ3) is 6.34. The van der Waals surface area contributed by atoms with Crippen molar-refractivity contribution in [2.45, 2.75) is 0 Å². The highest BCUT2D eigenvalue weighted by Gasteiger charge is 2.17. The number of nitro groups is 2. The van der Waals surface area contributed by atoms with Gasteiger partial charge in [-0.25, -0.2) is 9.37 Å². The monoisotopic (exact) mass is 484 g/mol. The molecule has 0 fully saturated rings. The predicted octanol–water partition coefficient (Wildman–Crippen LogP) is 3.31. The summed E-state index contributed by atoms with van der Waals surface area (Å²) in [5.41, 5.74) is -0.386. The summed E-state index contributed by atoms with van der Waals surface area (Å²) in [6, 6.07) is 7.79. The number of aliphatic hydroxyl groups excluding tert-OH is 2. The number of aliphatic hydroxyl groups is 2. The fourth-order valence-corrected chi connectivity index (χ4v) is 2.77. The van der Waals surface area contributed by atoms with Gasteiger partial charge in [0, 0.05) is 35.9 Å². The lowest BCUT2D eigenvalue weighted by molar-refractivity contribution is -0.384. The van der Waals surface area contributed by atoms with Gasteiger partial charge in [-0.3, -0.25) is 30.2 Å². The number of nitrogens with zero attached hydrogens (tertiary/aromatic N) is 6. The first-order chi connectivity index (χ1) is 16.8. The summed E-state index contributed by atoms with van der Waals surface area (Å²) in [6.45, 7) is -0.793. The molecule has 0 amide bonds. The minimum Gasteiger partial charge on any atom is -0.391 e. The molecule has 0 unspecified atom stereocenters. The maximum atomic E-state index is 14.3. The number of hydrogen-bond donors (Lipinski definition) is 4. The molecule has 0 atom stereocenters. The van der Waals surface area contributed by atoms with Gasteiger partial charge in [0.15, 0.2) is 11.6 Å². The van der Waals surface area contributed by atoms with Gasteiger partial charge in [-0.05, 0) is 24.3 Å². The molecule has 0 saturated heterocycles. The Hall–Kier alpha value is -4.89. The van der Waals surface area contributed by atoms with Gasteiger partial charge in [-0.2, -0.15) is 4.98 Å². The zero-order valence-corrected chi connectivity index (χ0v) is 17.7. The van der Waals surface area contributed by atoms with Crippen LogP contribution in [0.15, 0.2) is 52.6 Å². The number of nitrogens with one attached hydrogen (secondary N) is 2. The van der Waals surface area contributed by atoms with Crippen LogP contribution in [-0.2, 0) is 0 Å². The Kier molecular flexibility index (Phi) is 7.99. The van der Waals surface area contributed by atoms with Crippen molar-refractivity contribution in [2.24, 2.45) is 9.98 Å². The van der Waals surface area contributed by atoms with E-state index in [4.69, 9.17) is 10.2 Å². The molecule has 0 saturated carbocycles. The molecule has 14 nitrogen and oxygen atoms in total. The Morgan fingerprint density at radius 1 is 0.914 bits per heavy atom. The molecule has 0 spiro atoms. The Labute approximate surface area is 195 Å². The lowest BCUT2D eigenvalue weighted by Crippen LogP contribution is -2.04. The summed E-state index contributed by atoms with van der Waals surface area (Å²) in [6.07, 6.45) is 3.04. The largest absolute Gasteiger partial charge is 0.391 e. The quantitative estimate of drug-likeness (QED) is 0.188. The minimum atomic E-state index is -0.861. The number of hydrogen-bond acceptors (Lipinski definition) is 12. The lowest BCUT2D eigenvalue weighted by Gasteiger charge is -2.10. The smallest absolute Gasteiger partial charge is 0.296 e. The van der Waals surface area contributed by atoms with Crippen molar-refractivity contribution in [1.82, 2.24) is 9.97 Å². The first kappa shape index (κ1) is 24.7. The van der Waals surface area contributed by atoms with E-state index in [1.165, 1.54) is 30.3 Å². The average molecular weight is 484 g/mol. The molecular formula is C20H17FN8O6. The second kappa shape index (κ2) is 11.3. The van der Waals surface area contributed by atoms with Gasteiger partial charge in [0.25, 0.3) is 11.4 Å². The maximum Gasteiger partial charge on any atom is 0.296 e. The van der Waals surface area contributed by atoms with E-state index in [0.717, 1.165) is 24.7 Å². The number of benzene rings is 2. The van der Waals surface area contributed by atoms with Crippen molar-refractivity contribution in [1.29, 1.82) is 0 Å². The molecule has 1 heterocycles. The summed E-state index contributed by atoms with van der Waals surface area (Å²) in [5.74, 6) is -1.30. The molecule has 180 valence electrons. The fourth-order valence-electron chi connectivity index (χ4n) is 2.77. The predicted molar refractivity (Wildman–Crippen MR) is 125 cm³/mol. The van der Waals surface area contributed by atoms with Crippen molar-refractivity contribution >= 4 is 58.3 Å². The normalized spacial score (nSPS) is 11.2. The highest BCUT2D eigenvalue weighted by Crippen LogP contribution is 2.33. The Morgan fingerprint density at radius 3 is 1.91 bits per heavy atom. The van der Waals surface area contributed by atoms with Crippen LogP contribution in [0.5, 0.6) is 0 Å².